The van der Waals surface area contributed by atoms with E-state index in [4.69, 9.17) is 9.47 Å². The van der Waals surface area contributed by atoms with Crippen LogP contribution in [0.15, 0.2) is 41.3 Å². The van der Waals surface area contributed by atoms with Crippen molar-refractivity contribution in [3.63, 3.8) is 0 Å². The average molecular weight is 452 g/mol. The third-order valence-corrected chi connectivity index (χ3v) is 7.59. The van der Waals surface area contributed by atoms with Gasteiger partial charge in [0.15, 0.2) is 21.4 Å². The molecular weight excluding hydrogens is 435 g/mol. The Balaban J connectivity index is 2.28. The van der Waals surface area contributed by atoms with Crippen LogP contribution < -0.4 is 4.74 Å². The summed E-state index contributed by atoms with van der Waals surface area (Å²) in [6.07, 6.45) is -7.04. The van der Waals surface area contributed by atoms with Crippen molar-refractivity contribution in [2.24, 2.45) is 0 Å². The summed E-state index contributed by atoms with van der Waals surface area (Å²) < 4.78 is 102. The minimum Gasteiger partial charge on any atom is -0.487 e. The first-order chi connectivity index (χ1) is 14.0. The number of benzene rings is 2. The fourth-order valence-electron chi connectivity index (χ4n) is 3.56. The number of rotatable bonds is 5. The second-order valence-corrected chi connectivity index (χ2v) is 8.92. The van der Waals surface area contributed by atoms with E-state index in [1.165, 1.54) is 7.11 Å². The van der Waals surface area contributed by atoms with Crippen LogP contribution in [0.1, 0.15) is 17.5 Å². The van der Waals surface area contributed by atoms with Crippen molar-refractivity contribution in [3.8, 4) is 5.75 Å². The molecule has 1 heterocycles. The quantitative estimate of drug-likeness (QED) is 0.704. The molecule has 1 N–H and O–H groups in total. The Morgan fingerprint density at radius 1 is 1.13 bits per heavy atom. The topological polar surface area (TPSA) is 72.8 Å². The maximum absolute atomic E-state index is 14.8. The Hall–Kier alpha value is -2.24. The van der Waals surface area contributed by atoms with Crippen LogP contribution in [-0.4, -0.2) is 40.0 Å². The zero-order chi connectivity index (χ0) is 22.3. The van der Waals surface area contributed by atoms with Gasteiger partial charge in [-0.25, -0.2) is 17.2 Å². The summed E-state index contributed by atoms with van der Waals surface area (Å²) in [7, 11) is -3.50. The Bertz CT molecular complexity index is 1040. The summed E-state index contributed by atoms with van der Waals surface area (Å²) in [5.41, 5.74) is -1.81. The van der Waals surface area contributed by atoms with E-state index in [9.17, 15) is 35.5 Å². The summed E-state index contributed by atoms with van der Waals surface area (Å²) in [4.78, 5) is -0.595. The molecular formula is C19H17F5O5S. The molecule has 0 saturated carbocycles. The Labute approximate surface area is 169 Å². The van der Waals surface area contributed by atoms with Crippen LogP contribution in [0.3, 0.4) is 0 Å². The smallest absolute Gasteiger partial charge is 0.416 e. The molecule has 164 valence electrons. The molecule has 11 heteroatoms. The fraction of sp³-hybridized carbons (Fsp3) is 0.368. The van der Waals surface area contributed by atoms with Crippen molar-refractivity contribution in [2.75, 3.05) is 20.3 Å². The van der Waals surface area contributed by atoms with E-state index in [-0.39, 0.29) is 6.61 Å². The number of alkyl halides is 3. The van der Waals surface area contributed by atoms with E-state index < -0.39 is 73.3 Å². The van der Waals surface area contributed by atoms with Crippen molar-refractivity contribution in [3.05, 3.63) is 59.2 Å². The van der Waals surface area contributed by atoms with Crippen LogP contribution >= 0.6 is 0 Å². The Kier molecular flexibility index (Phi) is 5.82. The summed E-state index contributed by atoms with van der Waals surface area (Å²) in [5.74, 6) is -2.86. The van der Waals surface area contributed by atoms with Gasteiger partial charge in [0.1, 0.15) is 23.3 Å². The van der Waals surface area contributed by atoms with E-state index >= 15 is 0 Å². The number of aliphatic hydroxyl groups excluding tert-OH is 1. The molecule has 1 aliphatic heterocycles. The molecule has 0 spiro atoms. The van der Waals surface area contributed by atoms with Crippen LogP contribution in [0.2, 0.25) is 0 Å². The number of methoxy groups -OCH3 is 1. The zero-order valence-electron chi connectivity index (χ0n) is 15.5. The lowest BCUT2D eigenvalue weighted by molar-refractivity contribution is -0.137. The summed E-state index contributed by atoms with van der Waals surface area (Å²) in [6.45, 7) is -0.941. The first-order valence-electron chi connectivity index (χ1n) is 8.67. The van der Waals surface area contributed by atoms with Crippen molar-refractivity contribution < 1.29 is 45.0 Å². The maximum Gasteiger partial charge on any atom is 0.416 e. The largest absolute Gasteiger partial charge is 0.487 e. The van der Waals surface area contributed by atoms with E-state index in [2.05, 4.69) is 0 Å². The third kappa shape index (κ3) is 3.44. The number of halogens is 5. The minimum absolute atomic E-state index is 0.272. The number of sulfone groups is 1. The molecule has 0 saturated heterocycles. The average Bonchev–Trinajstić information content (AvgIpc) is 2.69. The van der Waals surface area contributed by atoms with Crippen LogP contribution in [0.5, 0.6) is 5.75 Å². The highest BCUT2D eigenvalue weighted by atomic mass is 32.2. The summed E-state index contributed by atoms with van der Waals surface area (Å²) in [6, 6.07) is 3.99. The molecule has 0 aliphatic carbocycles. The maximum atomic E-state index is 14.8. The standard InChI is InChI=1S/C19H17F5O5S/c1-28-9-8-18(15(25)10-29-17-14(21)7-6-13(20)16(17)18)30(26,27)12-4-2-11(3-5-12)19(22,23)24/h2-7,15,25H,8-10H2,1H3/t15-,18+/m0/s1. The molecule has 0 unspecified atom stereocenters. The second-order valence-electron chi connectivity index (χ2n) is 6.72. The van der Waals surface area contributed by atoms with E-state index in [1.54, 1.807) is 0 Å². The van der Waals surface area contributed by atoms with Crippen molar-refractivity contribution in [1.29, 1.82) is 0 Å². The van der Waals surface area contributed by atoms with Crippen LogP contribution in [0.4, 0.5) is 22.0 Å². The van der Waals surface area contributed by atoms with Gasteiger partial charge in [-0.15, -0.1) is 0 Å². The van der Waals surface area contributed by atoms with Gasteiger partial charge in [0, 0.05) is 13.7 Å². The molecule has 0 radical (unpaired) electrons. The number of aliphatic hydroxyl groups is 1. The van der Waals surface area contributed by atoms with Gasteiger partial charge in [0.05, 0.1) is 16.0 Å². The van der Waals surface area contributed by atoms with Crippen molar-refractivity contribution in [2.45, 2.75) is 28.3 Å². The predicted octanol–water partition coefficient (Wildman–Crippen LogP) is 3.44. The lowest BCUT2D eigenvalue weighted by atomic mass is 9.86. The molecule has 1 aliphatic rings. The van der Waals surface area contributed by atoms with Gasteiger partial charge in [-0.3, -0.25) is 0 Å². The monoisotopic (exact) mass is 452 g/mol. The predicted molar refractivity (Wildman–Crippen MR) is 94.7 cm³/mol. The second kappa shape index (κ2) is 7.78. The van der Waals surface area contributed by atoms with Gasteiger partial charge in [-0.2, -0.15) is 13.2 Å². The van der Waals surface area contributed by atoms with Crippen LogP contribution in [0, 0.1) is 11.6 Å². The molecule has 2 atom stereocenters. The SMILES string of the molecule is COCC[C@]1(S(=O)(=O)c2ccc(C(F)(F)F)cc2)c2c(F)ccc(F)c2OC[C@@H]1O. The number of fused-ring (bicyclic) bond motifs is 1. The molecule has 3 rings (SSSR count). The molecule has 0 bridgehead atoms. The number of ether oxygens (including phenoxy) is 2. The fourth-order valence-corrected chi connectivity index (χ4v) is 5.71. The van der Waals surface area contributed by atoms with E-state index in [0.29, 0.717) is 30.3 Å². The van der Waals surface area contributed by atoms with Crippen molar-refractivity contribution >= 4 is 9.84 Å². The van der Waals surface area contributed by atoms with Crippen LogP contribution in [0.25, 0.3) is 0 Å². The molecule has 0 amide bonds. The molecule has 2 aromatic carbocycles. The highest BCUT2D eigenvalue weighted by Gasteiger charge is 2.57. The van der Waals surface area contributed by atoms with Gasteiger partial charge in [0.2, 0.25) is 0 Å². The highest BCUT2D eigenvalue weighted by Crippen LogP contribution is 2.50. The van der Waals surface area contributed by atoms with Crippen molar-refractivity contribution in [1.82, 2.24) is 0 Å². The molecule has 0 fully saturated rings. The summed E-state index contributed by atoms with van der Waals surface area (Å²) >= 11 is 0. The molecule has 2 aromatic rings. The third-order valence-electron chi connectivity index (χ3n) is 5.05. The lowest BCUT2D eigenvalue weighted by Crippen LogP contribution is -2.53. The van der Waals surface area contributed by atoms with Gasteiger partial charge in [0.25, 0.3) is 0 Å². The first-order valence-corrected chi connectivity index (χ1v) is 10.2. The lowest BCUT2D eigenvalue weighted by Gasteiger charge is -2.42. The highest BCUT2D eigenvalue weighted by molar-refractivity contribution is 7.92. The molecule has 5 nitrogen and oxygen atoms in total. The van der Waals surface area contributed by atoms with Gasteiger partial charge >= 0.3 is 6.18 Å². The summed E-state index contributed by atoms with van der Waals surface area (Å²) in [5, 5.41) is 10.7. The van der Waals surface area contributed by atoms with Crippen LogP contribution in [-0.2, 0) is 25.5 Å². The van der Waals surface area contributed by atoms with Gasteiger partial charge in [-0.05, 0) is 42.8 Å². The zero-order valence-corrected chi connectivity index (χ0v) is 16.4. The molecule has 30 heavy (non-hydrogen) atoms. The van der Waals surface area contributed by atoms with Gasteiger partial charge in [-0.1, -0.05) is 0 Å². The number of hydrogen-bond acceptors (Lipinski definition) is 5. The van der Waals surface area contributed by atoms with Gasteiger partial charge < -0.3 is 14.6 Å². The Morgan fingerprint density at radius 3 is 2.30 bits per heavy atom. The van der Waals surface area contributed by atoms with E-state index in [1.807, 2.05) is 0 Å². The normalized spacial score (nSPS) is 21.8. The minimum atomic E-state index is -4.74. The Morgan fingerprint density at radius 2 is 1.73 bits per heavy atom. The number of hydrogen-bond donors (Lipinski definition) is 1. The first kappa shape index (κ1) is 22.4. The van der Waals surface area contributed by atoms with E-state index in [0.717, 1.165) is 6.07 Å². The molecule has 0 aromatic heterocycles.